The van der Waals surface area contributed by atoms with Crippen molar-refractivity contribution < 1.29 is 4.79 Å². The second-order valence-electron chi connectivity index (χ2n) is 5.76. The Labute approximate surface area is 140 Å². The number of carbonyl (C=O) groups excluding carboxylic acids is 1. The number of hydrogen-bond donors (Lipinski definition) is 1. The Kier molecular flexibility index (Phi) is 4.89. The lowest BCUT2D eigenvalue weighted by atomic mass is 9.87. The first-order valence-corrected chi connectivity index (χ1v) is 9.80. The molecule has 1 aliphatic carbocycles. The molecule has 4 heteroatoms. The van der Waals surface area contributed by atoms with Crippen LogP contribution in [0.15, 0.2) is 35.2 Å². The van der Waals surface area contributed by atoms with Gasteiger partial charge in [0.05, 0.1) is 4.88 Å². The molecule has 0 aliphatic heterocycles. The number of fused-ring (bicyclic) bond motifs is 1. The summed E-state index contributed by atoms with van der Waals surface area (Å²) in [4.78, 5) is 15.9. The Morgan fingerprint density at radius 3 is 3.05 bits per heavy atom. The van der Waals surface area contributed by atoms with E-state index in [1.165, 1.54) is 23.3 Å². The average molecular weight is 332 g/mol. The molecule has 22 heavy (non-hydrogen) atoms. The molecule has 1 amide bonds. The summed E-state index contributed by atoms with van der Waals surface area (Å²) in [6.45, 7) is 2.26. The predicted octanol–water partition coefficient (Wildman–Crippen LogP) is 5.24. The maximum Gasteiger partial charge on any atom is 0.265 e. The molecule has 0 radical (unpaired) electrons. The van der Waals surface area contributed by atoms with E-state index in [1.807, 2.05) is 24.5 Å². The van der Waals surface area contributed by atoms with Crippen molar-refractivity contribution >= 4 is 34.7 Å². The lowest BCUT2D eigenvalue weighted by Crippen LogP contribution is -2.11. The minimum atomic E-state index is 0.0192. The van der Waals surface area contributed by atoms with Crippen LogP contribution in [-0.4, -0.2) is 12.2 Å². The number of hydrogen-bond acceptors (Lipinski definition) is 3. The van der Waals surface area contributed by atoms with Gasteiger partial charge in [-0.25, -0.2) is 0 Å². The van der Waals surface area contributed by atoms with Gasteiger partial charge in [-0.3, -0.25) is 4.79 Å². The second-order valence-corrected chi connectivity index (χ2v) is 7.78. The van der Waals surface area contributed by atoms with Gasteiger partial charge in [-0.1, -0.05) is 19.4 Å². The van der Waals surface area contributed by atoms with Crippen LogP contribution in [0, 0.1) is 5.92 Å². The monoisotopic (exact) mass is 331 g/mol. The number of nitrogens with one attached hydrogen (secondary N) is 1. The minimum Gasteiger partial charge on any atom is -0.321 e. The highest BCUT2D eigenvalue weighted by atomic mass is 32.2. The third kappa shape index (κ3) is 3.39. The third-order valence-electron chi connectivity index (χ3n) is 4.31. The van der Waals surface area contributed by atoms with Gasteiger partial charge in [-0.15, -0.1) is 23.1 Å². The molecule has 1 aromatic heterocycles. The van der Waals surface area contributed by atoms with Crippen LogP contribution in [0.2, 0.25) is 0 Å². The molecule has 1 heterocycles. The molecule has 0 fully saturated rings. The smallest absolute Gasteiger partial charge is 0.265 e. The van der Waals surface area contributed by atoms with Crippen LogP contribution >= 0.6 is 23.1 Å². The molecule has 0 saturated carbocycles. The first kappa shape index (κ1) is 15.6. The van der Waals surface area contributed by atoms with E-state index in [9.17, 15) is 4.79 Å². The number of carbonyl (C=O) groups is 1. The first-order valence-electron chi connectivity index (χ1n) is 7.76. The fourth-order valence-corrected chi connectivity index (χ4v) is 4.52. The van der Waals surface area contributed by atoms with Crippen LogP contribution in [0.4, 0.5) is 5.69 Å². The van der Waals surface area contributed by atoms with Crippen LogP contribution < -0.4 is 5.32 Å². The lowest BCUT2D eigenvalue weighted by molar-refractivity contribution is 0.103. The van der Waals surface area contributed by atoms with Crippen LogP contribution in [-0.2, 0) is 12.8 Å². The van der Waals surface area contributed by atoms with Crippen molar-refractivity contribution in [2.24, 2.45) is 5.92 Å². The average Bonchev–Trinajstić information content (AvgIpc) is 2.98. The first-order chi connectivity index (χ1) is 10.7. The van der Waals surface area contributed by atoms with Gasteiger partial charge in [-0.05, 0) is 61.3 Å². The van der Waals surface area contributed by atoms with Gasteiger partial charge >= 0.3 is 0 Å². The number of amides is 1. The van der Waals surface area contributed by atoms with Crippen molar-refractivity contribution in [3.05, 3.63) is 45.6 Å². The van der Waals surface area contributed by atoms with Crippen molar-refractivity contribution in [2.75, 3.05) is 11.6 Å². The van der Waals surface area contributed by atoms with Crippen LogP contribution in [0.3, 0.4) is 0 Å². The SMILES string of the molecule is CCC1CCc2sc(C(=O)Nc3cccc(SC)c3)cc2C1. The highest BCUT2D eigenvalue weighted by molar-refractivity contribution is 7.98. The summed E-state index contributed by atoms with van der Waals surface area (Å²) in [7, 11) is 0. The van der Waals surface area contributed by atoms with E-state index < -0.39 is 0 Å². The largest absolute Gasteiger partial charge is 0.321 e. The van der Waals surface area contributed by atoms with Crippen molar-refractivity contribution in [1.29, 1.82) is 0 Å². The Balaban J connectivity index is 1.74. The summed E-state index contributed by atoms with van der Waals surface area (Å²) >= 11 is 3.35. The van der Waals surface area contributed by atoms with Crippen LogP contribution in [0.25, 0.3) is 0 Å². The standard InChI is InChI=1S/C18H21NOS2/c1-3-12-7-8-16-13(9-12)10-17(22-16)18(20)19-14-5-4-6-15(11-14)21-2/h4-6,10-12H,3,7-9H2,1-2H3,(H,19,20). The summed E-state index contributed by atoms with van der Waals surface area (Å²) < 4.78 is 0. The number of rotatable bonds is 4. The minimum absolute atomic E-state index is 0.0192. The van der Waals surface area contributed by atoms with E-state index in [0.717, 1.165) is 34.2 Å². The Morgan fingerprint density at radius 1 is 1.41 bits per heavy atom. The van der Waals surface area contributed by atoms with Gasteiger partial charge in [0.15, 0.2) is 0 Å². The number of benzene rings is 1. The number of thiophene rings is 1. The Hall–Kier alpha value is -1.26. The molecule has 2 nitrogen and oxygen atoms in total. The van der Waals surface area contributed by atoms with Gasteiger partial charge in [0.2, 0.25) is 0 Å². The summed E-state index contributed by atoms with van der Waals surface area (Å²) in [6.07, 6.45) is 6.81. The molecule has 1 aliphatic rings. The van der Waals surface area contributed by atoms with Crippen molar-refractivity contribution in [2.45, 2.75) is 37.5 Å². The highest BCUT2D eigenvalue weighted by Crippen LogP contribution is 2.34. The fraction of sp³-hybridized carbons (Fsp3) is 0.389. The van der Waals surface area contributed by atoms with Crippen LogP contribution in [0.5, 0.6) is 0 Å². The second kappa shape index (κ2) is 6.88. The lowest BCUT2D eigenvalue weighted by Gasteiger charge is -2.19. The molecule has 1 unspecified atom stereocenters. The van der Waals surface area contributed by atoms with E-state index >= 15 is 0 Å². The zero-order chi connectivity index (χ0) is 15.5. The summed E-state index contributed by atoms with van der Waals surface area (Å²) in [5, 5.41) is 3.03. The topological polar surface area (TPSA) is 29.1 Å². The third-order valence-corrected chi connectivity index (χ3v) is 6.27. The van der Waals surface area contributed by atoms with Crippen LogP contribution in [0.1, 0.15) is 39.9 Å². The molecule has 0 spiro atoms. The van der Waals surface area contributed by atoms with E-state index in [-0.39, 0.29) is 5.91 Å². The maximum absolute atomic E-state index is 12.5. The zero-order valence-electron chi connectivity index (χ0n) is 13.0. The molecule has 1 aromatic carbocycles. The van der Waals surface area contributed by atoms with Gasteiger partial charge in [-0.2, -0.15) is 0 Å². The van der Waals surface area contributed by atoms with E-state index in [1.54, 1.807) is 23.1 Å². The normalized spacial score (nSPS) is 17.1. The highest BCUT2D eigenvalue weighted by Gasteiger charge is 2.22. The summed E-state index contributed by atoms with van der Waals surface area (Å²) in [6, 6.07) is 10.1. The Morgan fingerprint density at radius 2 is 2.27 bits per heavy atom. The van der Waals surface area contributed by atoms with E-state index in [4.69, 9.17) is 0 Å². The number of anilines is 1. The number of thioether (sulfide) groups is 1. The summed E-state index contributed by atoms with van der Waals surface area (Å²) in [5.41, 5.74) is 2.26. The fourth-order valence-electron chi connectivity index (χ4n) is 2.95. The molecule has 1 N–H and O–H groups in total. The van der Waals surface area contributed by atoms with Gasteiger partial charge < -0.3 is 5.32 Å². The summed E-state index contributed by atoms with van der Waals surface area (Å²) in [5.74, 6) is 0.807. The van der Waals surface area contributed by atoms with Crippen molar-refractivity contribution in [3.8, 4) is 0 Å². The quantitative estimate of drug-likeness (QED) is 0.777. The molecule has 3 rings (SSSR count). The molecule has 0 saturated heterocycles. The molecular weight excluding hydrogens is 310 g/mol. The van der Waals surface area contributed by atoms with Crippen molar-refractivity contribution in [1.82, 2.24) is 0 Å². The molecule has 2 aromatic rings. The van der Waals surface area contributed by atoms with Gasteiger partial charge in [0.1, 0.15) is 0 Å². The van der Waals surface area contributed by atoms with Gasteiger partial charge in [0.25, 0.3) is 5.91 Å². The van der Waals surface area contributed by atoms with Crippen molar-refractivity contribution in [3.63, 3.8) is 0 Å². The van der Waals surface area contributed by atoms with E-state index in [2.05, 4.69) is 24.4 Å². The molecule has 1 atom stereocenters. The Bertz CT molecular complexity index is 677. The molecular formula is C18H21NOS2. The maximum atomic E-state index is 12.5. The molecule has 116 valence electrons. The predicted molar refractivity (Wildman–Crippen MR) is 96.3 cm³/mol. The zero-order valence-corrected chi connectivity index (χ0v) is 14.7. The number of aryl methyl sites for hydroxylation is 1. The van der Waals surface area contributed by atoms with Gasteiger partial charge in [0, 0.05) is 15.5 Å². The molecule has 0 bridgehead atoms. The van der Waals surface area contributed by atoms with E-state index in [0.29, 0.717) is 0 Å².